The Morgan fingerprint density at radius 3 is 2.60 bits per heavy atom. The Kier molecular flexibility index (Phi) is 1.34. The van der Waals surface area contributed by atoms with Crippen molar-refractivity contribution in [2.45, 2.75) is 19.8 Å². The van der Waals surface area contributed by atoms with Crippen LogP contribution in [0.15, 0.2) is 15.3 Å². The Labute approximate surface area is 68.5 Å². The fraction of sp³-hybridized carbons (Fsp3) is 0.571. The van der Waals surface area contributed by atoms with Gasteiger partial charge in [-0.25, -0.2) is 0 Å². The van der Waals surface area contributed by atoms with Gasteiger partial charge in [0.2, 0.25) is 0 Å². The molecule has 0 atom stereocenters. The van der Waals surface area contributed by atoms with Gasteiger partial charge in [0.15, 0.2) is 0 Å². The molecule has 0 aromatic rings. The molecule has 1 radical (unpaired) electrons. The minimum atomic E-state index is 0.754. The lowest BCUT2D eigenvalue weighted by atomic mass is 10.1. The molecular weight excluding hydrogens is 192 g/mol. The van der Waals surface area contributed by atoms with Gasteiger partial charge in [-0.05, 0) is 41.6 Å². The maximum Gasteiger partial charge on any atom is 0.134 e. The molecule has 0 aromatic carbocycles. The summed E-state index contributed by atoms with van der Waals surface area (Å²) in [6, 6.07) is 0. The zero-order chi connectivity index (χ0) is 7.14. The van der Waals surface area contributed by atoms with Crippen molar-refractivity contribution in [1.29, 1.82) is 0 Å². The molecule has 2 nitrogen and oxygen atoms in total. The first-order valence-corrected chi connectivity index (χ1v) is 4.23. The topological polar surface area (TPSA) is 26.5 Å². The first kappa shape index (κ1) is 6.40. The van der Waals surface area contributed by atoms with Crippen LogP contribution in [0.5, 0.6) is 0 Å². The first-order chi connectivity index (χ1) is 4.79. The van der Waals surface area contributed by atoms with Gasteiger partial charge in [-0.15, -0.1) is 5.43 Å². The Hall–Kier alpha value is -0.310. The molecule has 10 heavy (non-hydrogen) atoms. The molecule has 1 heterocycles. The summed E-state index contributed by atoms with van der Waals surface area (Å²) in [5.74, 6) is 0.754. The van der Waals surface area contributed by atoms with Crippen LogP contribution in [0.1, 0.15) is 19.8 Å². The Morgan fingerprint density at radius 2 is 2.20 bits per heavy atom. The average molecular weight is 200 g/mol. The van der Waals surface area contributed by atoms with Crippen LogP contribution in [-0.2, 0) is 0 Å². The van der Waals surface area contributed by atoms with Crippen LogP contribution >= 0.6 is 15.9 Å². The van der Waals surface area contributed by atoms with E-state index in [9.17, 15) is 0 Å². The molecule has 1 aliphatic heterocycles. The largest absolute Gasteiger partial charge is 0.154 e. The highest BCUT2D eigenvalue weighted by atomic mass is 79.9. The van der Waals surface area contributed by atoms with E-state index in [1.807, 2.05) is 6.92 Å². The number of nitrogens with zero attached hydrogens (tertiary/aromatic N) is 2. The van der Waals surface area contributed by atoms with E-state index < -0.39 is 0 Å². The van der Waals surface area contributed by atoms with E-state index in [2.05, 4.69) is 26.5 Å². The fourth-order valence-corrected chi connectivity index (χ4v) is 1.90. The molecule has 1 saturated carbocycles. The van der Waals surface area contributed by atoms with Crippen molar-refractivity contribution < 1.29 is 0 Å². The summed E-state index contributed by atoms with van der Waals surface area (Å²) in [7, 11) is 0. The molecular formula is C7H8BrN2. The van der Waals surface area contributed by atoms with Crippen LogP contribution in [0.2, 0.25) is 0 Å². The van der Waals surface area contributed by atoms with E-state index in [1.54, 1.807) is 0 Å². The van der Waals surface area contributed by atoms with Crippen LogP contribution < -0.4 is 5.43 Å². The Balaban J connectivity index is 2.28. The monoisotopic (exact) mass is 199 g/mol. The summed E-state index contributed by atoms with van der Waals surface area (Å²) in [4.78, 5) is 0. The molecule has 0 unspecified atom stereocenters. The van der Waals surface area contributed by atoms with Gasteiger partial charge < -0.3 is 0 Å². The maximum absolute atomic E-state index is 3.98. The molecule has 3 heteroatoms. The third-order valence-electron chi connectivity index (χ3n) is 1.89. The highest BCUT2D eigenvalue weighted by Gasteiger charge is 2.32. The summed E-state index contributed by atoms with van der Waals surface area (Å²) in [6.45, 7) is 2.02. The number of hydrogen-bond donors (Lipinski definition) is 0. The maximum atomic E-state index is 3.98. The summed E-state index contributed by atoms with van der Waals surface area (Å²) >= 11 is 3.38. The number of halogens is 1. The van der Waals surface area contributed by atoms with Crippen molar-refractivity contribution >= 4 is 21.6 Å². The van der Waals surface area contributed by atoms with Crippen molar-refractivity contribution in [3.8, 4) is 0 Å². The molecule has 0 N–H and O–H groups in total. The van der Waals surface area contributed by atoms with E-state index in [0.29, 0.717) is 0 Å². The molecule has 0 aromatic heterocycles. The van der Waals surface area contributed by atoms with Gasteiger partial charge in [0.05, 0.1) is 5.71 Å². The van der Waals surface area contributed by atoms with Gasteiger partial charge in [-0.3, -0.25) is 0 Å². The number of rotatable bonds is 1. The second kappa shape index (κ2) is 2.09. The normalized spacial score (nSPS) is 24.8. The van der Waals surface area contributed by atoms with Gasteiger partial charge in [0, 0.05) is 5.57 Å². The van der Waals surface area contributed by atoms with Gasteiger partial charge >= 0.3 is 0 Å². The lowest BCUT2D eigenvalue weighted by Crippen LogP contribution is -1.95. The lowest BCUT2D eigenvalue weighted by molar-refractivity contribution is 0.947. The highest BCUT2D eigenvalue weighted by molar-refractivity contribution is 9.11. The quantitative estimate of drug-likeness (QED) is 0.578. The van der Waals surface area contributed by atoms with Gasteiger partial charge in [-0.1, -0.05) is 0 Å². The first-order valence-electron chi connectivity index (χ1n) is 3.44. The van der Waals surface area contributed by atoms with Crippen molar-refractivity contribution in [3.05, 3.63) is 10.2 Å². The predicted molar refractivity (Wildman–Crippen MR) is 43.9 cm³/mol. The summed E-state index contributed by atoms with van der Waals surface area (Å²) in [6.07, 6.45) is 2.62. The molecule has 1 aliphatic carbocycles. The zero-order valence-electron chi connectivity index (χ0n) is 5.76. The summed E-state index contributed by atoms with van der Waals surface area (Å²) in [5.41, 5.74) is 6.37. The van der Waals surface area contributed by atoms with Gasteiger partial charge in [-0.2, -0.15) is 5.10 Å². The lowest BCUT2D eigenvalue weighted by Gasteiger charge is -1.95. The highest BCUT2D eigenvalue weighted by Crippen LogP contribution is 2.41. The summed E-state index contributed by atoms with van der Waals surface area (Å²) in [5, 5.41) is 3.98. The zero-order valence-corrected chi connectivity index (χ0v) is 7.35. The minimum Gasteiger partial charge on any atom is -0.154 e. The molecule has 0 saturated heterocycles. The molecule has 1 fully saturated rings. The second-order valence-corrected chi connectivity index (χ2v) is 3.52. The van der Waals surface area contributed by atoms with Crippen LogP contribution in [-0.4, -0.2) is 5.71 Å². The van der Waals surface area contributed by atoms with Crippen LogP contribution in [0.3, 0.4) is 0 Å². The third-order valence-corrected chi connectivity index (χ3v) is 2.47. The number of allylic oxidation sites excluding steroid dienone is 1. The van der Waals surface area contributed by atoms with Crippen LogP contribution in [0.4, 0.5) is 0 Å². The fourth-order valence-electron chi connectivity index (χ4n) is 1.21. The van der Waals surface area contributed by atoms with Crippen molar-refractivity contribution in [3.63, 3.8) is 0 Å². The Morgan fingerprint density at radius 1 is 1.50 bits per heavy atom. The van der Waals surface area contributed by atoms with Crippen molar-refractivity contribution in [2.24, 2.45) is 11.0 Å². The van der Waals surface area contributed by atoms with E-state index in [1.165, 1.54) is 18.4 Å². The molecule has 0 bridgehead atoms. The average Bonchev–Trinajstić information content (AvgIpc) is 2.64. The van der Waals surface area contributed by atoms with Crippen LogP contribution in [0, 0.1) is 5.92 Å². The predicted octanol–water partition coefficient (Wildman–Crippen LogP) is 2.00. The summed E-state index contributed by atoms with van der Waals surface area (Å²) < 4.78 is 0.951. The smallest absolute Gasteiger partial charge is 0.134 e. The molecule has 0 spiro atoms. The SMILES string of the molecule is CC1=N[N]C(Br)=C1C1CC1. The standard InChI is InChI=1S/C7H8BrN2/c1-4-6(5-2-3-5)7(8)10-9-4/h5H,2-3H2,1H3. The molecule has 53 valence electrons. The van der Waals surface area contributed by atoms with Gasteiger partial charge in [0.1, 0.15) is 4.61 Å². The Bertz CT molecular complexity index is 226. The van der Waals surface area contributed by atoms with E-state index >= 15 is 0 Å². The second-order valence-electron chi connectivity index (χ2n) is 2.76. The van der Waals surface area contributed by atoms with Gasteiger partial charge in [0.25, 0.3) is 0 Å². The van der Waals surface area contributed by atoms with E-state index in [4.69, 9.17) is 0 Å². The number of hydrogen-bond acceptors (Lipinski definition) is 1. The molecule has 2 rings (SSSR count). The molecule has 2 aliphatic rings. The van der Waals surface area contributed by atoms with Crippen molar-refractivity contribution in [1.82, 2.24) is 5.43 Å². The van der Waals surface area contributed by atoms with E-state index in [-0.39, 0.29) is 0 Å². The van der Waals surface area contributed by atoms with Crippen molar-refractivity contribution in [2.75, 3.05) is 0 Å². The third kappa shape index (κ3) is 0.888. The van der Waals surface area contributed by atoms with Crippen LogP contribution in [0.25, 0.3) is 0 Å². The minimum absolute atomic E-state index is 0.754. The van der Waals surface area contributed by atoms with E-state index in [0.717, 1.165) is 16.2 Å². The molecule has 0 amide bonds.